The van der Waals surface area contributed by atoms with Crippen LogP contribution in [0, 0.1) is 0 Å². The van der Waals surface area contributed by atoms with Crippen molar-refractivity contribution < 1.29 is 24.2 Å². The first-order valence-corrected chi connectivity index (χ1v) is 8.00. The zero-order chi connectivity index (χ0) is 17.3. The highest BCUT2D eigenvalue weighted by molar-refractivity contribution is 6.33. The normalized spacial score (nSPS) is 18.1. The highest BCUT2D eigenvalue weighted by atomic mass is 35.5. The fraction of sp³-hybridized carbons (Fsp3) is 0.278. The van der Waals surface area contributed by atoms with Crippen molar-refractivity contribution in [1.82, 2.24) is 0 Å². The number of allylic oxidation sites excluding steroid dienone is 1. The van der Waals surface area contributed by atoms with Gasteiger partial charge < -0.3 is 19.4 Å². The molecule has 24 heavy (non-hydrogen) atoms. The Morgan fingerprint density at radius 3 is 2.71 bits per heavy atom. The summed E-state index contributed by atoms with van der Waals surface area (Å²) in [7, 11) is 0. The van der Waals surface area contributed by atoms with E-state index in [4.69, 9.17) is 20.8 Å². The monoisotopic (exact) mass is 348 g/mol. The lowest BCUT2D eigenvalue weighted by Crippen LogP contribution is -2.16. The molecule has 1 aromatic heterocycles. The van der Waals surface area contributed by atoms with Crippen LogP contribution < -0.4 is 0 Å². The number of carbonyl (C=O) groups excluding carboxylic acids is 1. The van der Waals surface area contributed by atoms with Crippen molar-refractivity contribution in [1.29, 1.82) is 0 Å². The second kappa shape index (κ2) is 6.61. The third-order valence-electron chi connectivity index (χ3n) is 3.86. The standard InChI is InChI=1S/C18H17ClO5/c1-10-4-2-3-5-11-6-7-12(24-11)8-13-16(18(22)23-10)14(20)9-15(21)17(13)19/h2-3,6-7,9-10,20-21H,4-5,8H2,1H3/t10-/m0/s1. The van der Waals surface area contributed by atoms with Gasteiger partial charge in [0.2, 0.25) is 0 Å². The van der Waals surface area contributed by atoms with Crippen molar-refractivity contribution in [3.8, 4) is 11.5 Å². The van der Waals surface area contributed by atoms with Gasteiger partial charge in [-0.15, -0.1) is 0 Å². The highest BCUT2D eigenvalue weighted by Crippen LogP contribution is 2.38. The molecule has 1 aliphatic rings. The summed E-state index contributed by atoms with van der Waals surface area (Å²) < 4.78 is 11.1. The summed E-state index contributed by atoms with van der Waals surface area (Å²) in [5.41, 5.74) is 0.227. The highest BCUT2D eigenvalue weighted by Gasteiger charge is 2.25. The summed E-state index contributed by atoms with van der Waals surface area (Å²) in [4.78, 5) is 12.5. The number of phenolic OH excluding ortho intramolecular Hbond substituents is 2. The lowest BCUT2D eigenvalue weighted by atomic mass is 10.0. The average Bonchev–Trinajstić information content (AvgIpc) is 2.96. The summed E-state index contributed by atoms with van der Waals surface area (Å²) in [5, 5.41) is 20.0. The predicted octanol–water partition coefficient (Wildman–Crippen LogP) is 3.98. The number of fused-ring (bicyclic) bond motifs is 3. The molecule has 0 amide bonds. The van der Waals surface area contributed by atoms with Gasteiger partial charge in [0.1, 0.15) is 34.7 Å². The molecule has 2 heterocycles. The van der Waals surface area contributed by atoms with E-state index in [0.29, 0.717) is 18.6 Å². The number of hydrogen-bond acceptors (Lipinski definition) is 5. The Labute approximate surface area is 144 Å². The molecule has 3 rings (SSSR count). The quantitative estimate of drug-likeness (QED) is 0.556. The van der Waals surface area contributed by atoms with Crippen LogP contribution in [0.3, 0.4) is 0 Å². The summed E-state index contributed by atoms with van der Waals surface area (Å²) in [6.45, 7) is 1.77. The second-order valence-corrected chi connectivity index (χ2v) is 6.13. The molecule has 5 nitrogen and oxygen atoms in total. The number of benzene rings is 1. The molecule has 1 atom stereocenters. The fourth-order valence-corrected chi connectivity index (χ4v) is 2.87. The Morgan fingerprint density at radius 1 is 1.17 bits per heavy atom. The molecule has 0 radical (unpaired) electrons. The minimum atomic E-state index is -0.684. The minimum absolute atomic E-state index is 0.00153. The van der Waals surface area contributed by atoms with E-state index in [1.54, 1.807) is 13.0 Å². The first-order valence-electron chi connectivity index (χ1n) is 7.62. The molecule has 6 heteroatoms. The van der Waals surface area contributed by atoms with Gasteiger partial charge in [-0.3, -0.25) is 0 Å². The lowest BCUT2D eigenvalue weighted by Gasteiger charge is -2.16. The fourth-order valence-electron chi connectivity index (χ4n) is 2.66. The molecule has 0 aliphatic carbocycles. The molecule has 0 unspecified atom stereocenters. The molecule has 0 spiro atoms. The SMILES string of the molecule is C[C@H]1CC=CCc2ccc(o2)Cc2c(Cl)c(O)cc(O)c2C(=O)O1. The van der Waals surface area contributed by atoms with Crippen LogP contribution in [0.1, 0.15) is 40.8 Å². The number of cyclic esters (lactones) is 1. The first-order chi connectivity index (χ1) is 11.5. The van der Waals surface area contributed by atoms with E-state index in [-0.39, 0.29) is 40.2 Å². The van der Waals surface area contributed by atoms with Crippen LogP contribution in [0.25, 0.3) is 0 Å². The molecule has 0 fully saturated rings. The number of carbonyl (C=O) groups is 1. The van der Waals surface area contributed by atoms with E-state index < -0.39 is 5.97 Å². The van der Waals surface area contributed by atoms with E-state index in [9.17, 15) is 15.0 Å². The van der Waals surface area contributed by atoms with Crippen molar-refractivity contribution in [2.75, 3.05) is 0 Å². The molecule has 0 saturated carbocycles. The van der Waals surface area contributed by atoms with Crippen LogP contribution in [0.15, 0.2) is 34.8 Å². The molecule has 2 bridgehead atoms. The van der Waals surface area contributed by atoms with Crippen molar-refractivity contribution in [2.24, 2.45) is 0 Å². The summed E-state index contributed by atoms with van der Waals surface area (Å²) >= 11 is 6.16. The third-order valence-corrected chi connectivity index (χ3v) is 4.28. The van der Waals surface area contributed by atoms with Gasteiger partial charge in [-0.05, 0) is 19.1 Å². The number of furan rings is 1. The van der Waals surface area contributed by atoms with Crippen LogP contribution in [-0.4, -0.2) is 22.3 Å². The number of halogens is 1. The summed E-state index contributed by atoms with van der Waals surface area (Å²) in [5.74, 6) is -0.00163. The molecule has 1 aliphatic heterocycles. The number of ether oxygens (including phenoxy) is 1. The van der Waals surface area contributed by atoms with Crippen LogP contribution >= 0.6 is 11.6 Å². The zero-order valence-corrected chi connectivity index (χ0v) is 13.8. The average molecular weight is 349 g/mol. The lowest BCUT2D eigenvalue weighted by molar-refractivity contribution is 0.0343. The van der Waals surface area contributed by atoms with Crippen LogP contribution in [0.5, 0.6) is 11.5 Å². The molecule has 2 N–H and O–H groups in total. The first kappa shape index (κ1) is 16.5. The van der Waals surface area contributed by atoms with Gasteiger partial charge in [0, 0.05) is 30.9 Å². The largest absolute Gasteiger partial charge is 0.507 e. The Balaban J connectivity index is 2.13. The van der Waals surface area contributed by atoms with Crippen LogP contribution in [0.2, 0.25) is 5.02 Å². The number of rotatable bonds is 0. The van der Waals surface area contributed by atoms with Gasteiger partial charge in [-0.1, -0.05) is 23.8 Å². The van der Waals surface area contributed by atoms with Crippen molar-refractivity contribution in [3.63, 3.8) is 0 Å². The topological polar surface area (TPSA) is 79.9 Å². The summed E-state index contributed by atoms with van der Waals surface area (Å²) in [6, 6.07) is 4.67. The van der Waals surface area contributed by atoms with E-state index >= 15 is 0 Å². The van der Waals surface area contributed by atoms with Gasteiger partial charge in [0.05, 0.1) is 5.02 Å². The molecular weight excluding hydrogens is 332 g/mol. The smallest absolute Gasteiger partial charge is 0.342 e. The maximum absolute atomic E-state index is 12.5. The number of esters is 1. The Hall–Kier alpha value is -2.40. The zero-order valence-electron chi connectivity index (χ0n) is 13.1. The Morgan fingerprint density at radius 2 is 1.92 bits per heavy atom. The van der Waals surface area contributed by atoms with Gasteiger partial charge in [0.15, 0.2) is 0 Å². The second-order valence-electron chi connectivity index (χ2n) is 5.75. The van der Waals surface area contributed by atoms with Crippen LogP contribution in [0.4, 0.5) is 0 Å². The van der Waals surface area contributed by atoms with Crippen LogP contribution in [-0.2, 0) is 17.6 Å². The Bertz CT molecular complexity index is 806. The Kier molecular flexibility index (Phi) is 4.53. The van der Waals surface area contributed by atoms with Gasteiger partial charge in [-0.25, -0.2) is 4.79 Å². The minimum Gasteiger partial charge on any atom is -0.507 e. The van der Waals surface area contributed by atoms with E-state index in [0.717, 1.165) is 11.8 Å². The number of aromatic hydroxyl groups is 2. The molecule has 0 saturated heterocycles. The van der Waals surface area contributed by atoms with Crippen molar-refractivity contribution in [2.45, 2.75) is 32.3 Å². The molecule has 1 aromatic carbocycles. The summed E-state index contributed by atoms with van der Waals surface area (Å²) in [6.07, 6.45) is 4.84. The van der Waals surface area contributed by atoms with E-state index in [2.05, 4.69) is 0 Å². The number of hydrogen-bond donors (Lipinski definition) is 2. The van der Waals surface area contributed by atoms with E-state index in [1.165, 1.54) is 0 Å². The van der Waals surface area contributed by atoms with Gasteiger partial charge in [-0.2, -0.15) is 0 Å². The third kappa shape index (κ3) is 3.26. The molecule has 2 aromatic rings. The van der Waals surface area contributed by atoms with Crippen molar-refractivity contribution in [3.05, 3.63) is 58.0 Å². The van der Waals surface area contributed by atoms with Crippen molar-refractivity contribution >= 4 is 17.6 Å². The maximum atomic E-state index is 12.5. The molecule has 126 valence electrons. The van der Waals surface area contributed by atoms with Gasteiger partial charge in [0.25, 0.3) is 0 Å². The number of phenols is 2. The van der Waals surface area contributed by atoms with E-state index in [1.807, 2.05) is 18.2 Å². The molecular formula is C18H17ClO5. The van der Waals surface area contributed by atoms with Gasteiger partial charge >= 0.3 is 5.97 Å². The predicted molar refractivity (Wildman–Crippen MR) is 88.6 cm³/mol. The maximum Gasteiger partial charge on any atom is 0.342 e.